The van der Waals surface area contributed by atoms with Gasteiger partial charge in [-0.3, -0.25) is 4.79 Å². The van der Waals surface area contributed by atoms with E-state index in [4.69, 9.17) is 5.73 Å². The molecule has 0 aromatic carbocycles. The monoisotopic (exact) mass is 169 g/mol. The lowest BCUT2D eigenvalue weighted by Gasteiger charge is -1.91. The molecule has 0 aromatic heterocycles. The van der Waals surface area contributed by atoms with Crippen molar-refractivity contribution in [2.45, 2.75) is 45.4 Å². The average Bonchev–Trinajstić information content (AvgIpc) is 2.02. The molecule has 2 nitrogen and oxygen atoms in total. The summed E-state index contributed by atoms with van der Waals surface area (Å²) in [4.78, 5) is 10.3. The predicted molar refractivity (Wildman–Crippen MR) is 51.7 cm³/mol. The Hall–Kier alpha value is -0.790. The number of allylic oxidation sites excluding steroid dienone is 2. The number of carbonyl (C=O) groups excluding carboxylic acids is 1. The molecule has 0 saturated carbocycles. The maximum absolute atomic E-state index is 10.3. The van der Waals surface area contributed by atoms with Crippen LogP contribution in [0, 0.1) is 0 Å². The molecule has 0 aromatic rings. The molecule has 0 unspecified atom stereocenters. The van der Waals surface area contributed by atoms with Gasteiger partial charge >= 0.3 is 0 Å². The maximum atomic E-state index is 10.3. The second kappa shape index (κ2) is 8.31. The number of hydrogen-bond donors (Lipinski definition) is 1. The molecule has 0 bridgehead atoms. The molecule has 0 fully saturated rings. The Morgan fingerprint density at radius 3 is 2.50 bits per heavy atom. The molecule has 0 radical (unpaired) electrons. The van der Waals surface area contributed by atoms with Crippen molar-refractivity contribution in [2.75, 3.05) is 0 Å². The lowest BCUT2D eigenvalue weighted by molar-refractivity contribution is -0.117. The van der Waals surface area contributed by atoms with Crippen molar-refractivity contribution in [2.24, 2.45) is 5.73 Å². The van der Waals surface area contributed by atoms with Gasteiger partial charge in [-0.1, -0.05) is 31.9 Å². The normalized spacial score (nSPS) is 10.8. The minimum Gasteiger partial charge on any atom is -0.370 e. The Bertz CT molecular complexity index is 141. The van der Waals surface area contributed by atoms with Crippen LogP contribution in [0.3, 0.4) is 0 Å². The molecule has 0 aliphatic carbocycles. The first-order valence-corrected chi connectivity index (χ1v) is 4.70. The van der Waals surface area contributed by atoms with E-state index in [1.165, 1.54) is 19.3 Å². The summed E-state index contributed by atoms with van der Waals surface area (Å²) < 4.78 is 0. The zero-order valence-electron chi connectivity index (χ0n) is 7.88. The molecule has 0 rings (SSSR count). The highest BCUT2D eigenvalue weighted by Gasteiger charge is 1.88. The van der Waals surface area contributed by atoms with Gasteiger partial charge < -0.3 is 5.73 Å². The molecule has 0 saturated heterocycles. The maximum Gasteiger partial charge on any atom is 0.217 e. The summed E-state index contributed by atoms with van der Waals surface area (Å²) in [5.41, 5.74) is 4.98. The lowest BCUT2D eigenvalue weighted by Crippen LogP contribution is -2.08. The summed E-state index contributed by atoms with van der Waals surface area (Å²) in [7, 11) is 0. The van der Waals surface area contributed by atoms with Gasteiger partial charge in [0.05, 0.1) is 0 Å². The highest BCUT2D eigenvalue weighted by Crippen LogP contribution is 2.00. The Morgan fingerprint density at radius 1 is 1.25 bits per heavy atom. The molecule has 2 N–H and O–H groups in total. The Kier molecular flexibility index (Phi) is 7.76. The van der Waals surface area contributed by atoms with E-state index in [0.29, 0.717) is 6.42 Å². The fraction of sp³-hybridized carbons (Fsp3) is 0.700. The van der Waals surface area contributed by atoms with Crippen LogP contribution in [-0.4, -0.2) is 5.91 Å². The minimum atomic E-state index is -0.215. The molecule has 70 valence electrons. The van der Waals surface area contributed by atoms with Crippen molar-refractivity contribution in [1.29, 1.82) is 0 Å². The molecule has 2 heteroatoms. The number of unbranched alkanes of at least 4 members (excludes halogenated alkanes) is 3. The number of hydrogen-bond acceptors (Lipinski definition) is 1. The quantitative estimate of drug-likeness (QED) is 0.461. The number of rotatable bonds is 7. The zero-order valence-corrected chi connectivity index (χ0v) is 7.88. The van der Waals surface area contributed by atoms with E-state index >= 15 is 0 Å². The Balaban J connectivity index is 3.09. The van der Waals surface area contributed by atoms with Crippen LogP contribution in [0.5, 0.6) is 0 Å². The first kappa shape index (κ1) is 11.2. The van der Waals surface area contributed by atoms with Gasteiger partial charge in [0.25, 0.3) is 0 Å². The second-order valence-electron chi connectivity index (χ2n) is 2.97. The minimum absolute atomic E-state index is 0.215. The van der Waals surface area contributed by atoms with Gasteiger partial charge in [0, 0.05) is 6.42 Å². The predicted octanol–water partition coefficient (Wildman–Crippen LogP) is 2.39. The summed E-state index contributed by atoms with van der Waals surface area (Å²) in [5, 5.41) is 0. The zero-order chi connectivity index (χ0) is 9.23. The van der Waals surface area contributed by atoms with E-state index < -0.39 is 0 Å². The van der Waals surface area contributed by atoms with E-state index in [0.717, 1.165) is 12.8 Å². The summed E-state index contributed by atoms with van der Waals surface area (Å²) >= 11 is 0. The topological polar surface area (TPSA) is 43.1 Å². The van der Waals surface area contributed by atoms with Crippen molar-refractivity contribution in [3.8, 4) is 0 Å². The standard InChI is InChI=1S/C10H19NO/c1-2-3-4-5-6-7-8-9-10(11)12/h6-7H,2-5,8-9H2,1H3,(H2,11,12). The van der Waals surface area contributed by atoms with Crippen LogP contribution < -0.4 is 5.73 Å². The summed E-state index contributed by atoms with van der Waals surface area (Å²) in [6, 6.07) is 0. The largest absolute Gasteiger partial charge is 0.370 e. The first-order chi connectivity index (χ1) is 5.77. The number of primary amides is 1. The molecule has 0 heterocycles. The fourth-order valence-corrected chi connectivity index (χ4v) is 0.973. The van der Waals surface area contributed by atoms with Gasteiger partial charge in [-0.05, 0) is 19.3 Å². The van der Waals surface area contributed by atoms with Crippen LogP contribution in [-0.2, 0) is 4.79 Å². The number of carbonyl (C=O) groups is 1. The van der Waals surface area contributed by atoms with Crippen LogP contribution in [0.4, 0.5) is 0 Å². The molecular weight excluding hydrogens is 150 g/mol. The summed E-state index contributed by atoms with van der Waals surface area (Å²) in [5.74, 6) is -0.215. The highest BCUT2D eigenvalue weighted by atomic mass is 16.1. The summed E-state index contributed by atoms with van der Waals surface area (Å²) in [6.45, 7) is 2.19. The molecule has 0 aliphatic heterocycles. The number of amides is 1. The van der Waals surface area contributed by atoms with Crippen molar-refractivity contribution in [3.05, 3.63) is 12.2 Å². The Labute approximate surface area is 74.8 Å². The third kappa shape index (κ3) is 9.21. The van der Waals surface area contributed by atoms with Crippen molar-refractivity contribution in [1.82, 2.24) is 0 Å². The lowest BCUT2D eigenvalue weighted by atomic mass is 10.2. The van der Waals surface area contributed by atoms with Crippen LogP contribution >= 0.6 is 0 Å². The molecule has 12 heavy (non-hydrogen) atoms. The van der Waals surface area contributed by atoms with Crippen LogP contribution in [0.1, 0.15) is 45.4 Å². The third-order valence-electron chi connectivity index (χ3n) is 1.70. The van der Waals surface area contributed by atoms with E-state index in [1.54, 1.807) is 0 Å². The molecule has 0 aliphatic rings. The second-order valence-corrected chi connectivity index (χ2v) is 2.97. The molecule has 1 amide bonds. The van der Waals surface area contributed by atoms with Gasteiger partial charge in [-0.25, -0.2) is 0 Å². The average molecular weight is 169 g/mol. The van der Waals surface area contributed by atoms with Crippen molar-refractivity contribution < 1.29 is 4.79 Å². The van der Waals surface area contributed by atoms with Gasteiger partial charge in [-0.2, -0.15) is 0 Å². The third-order valence-corrected chi connectivity index (χ3v) is 1.70. The van der Waals surface area contributed by atoms with Gasteiger partial charge in [-0.15, -0.1) is 0 Å². The van der Waals surface area contributed by atoms with Gasteiger partial charge in [0.2, 0.25) is 5.91 Å². The van der Waals surface area contributed by atoms with E-state index in [-0.39, 0.29) is 5.91 Å². The van der Waals surface area contributed by atoms with Crippen LogP contribution in [0.2, 0.25) is 0 Å². The van der Waals surface area contributed by atoms with E-state index in [1.807, 2.05) is 6.08 Å². The summed E-state index contributed by atoms with van der Waals surface area (Å²) in [6.07, 6.45) is 10.4. The number of nitrogens with two attached hydrogens (primary N) is 1. The van der Waals surface area contributed by atoms with Crippen LogP contribution in [0.25, 0.3) is 0 Å². The fourth-order valence-electron chi connectivity index (χ4n) is 0.973. The van der Waals surface area contributed by atoms with Crippen molar-refractivity contribution in [3.63, 3.8) is 0 Å². The van der Waals surface area contributed by atoms with Crippen molar-refractivity contribution >= 4 is 5.91 Å². The van der Waals surface area contributed by atoms with E-state index in [2.05, 4.69) is 13.0 Å². The van der Waals surface area contributed by atoms with Gasteiger partial charge in [0.1, 0.15) is 0 Å². The smallest absolute Gasteiger partial charge is 0.217 e. The first-order valence-electron chi connectivity index (χ1n) is 4.70. The van der Waals surface area contributed by atoms with Crippen LogP contribution in [0.15, 0.2) is 12.2 Å². The van der Waals surface area contributed by atoms with Gasteiger partial charge in [0.15, 0.2) is 0 Å². The molecular formula is C10H19NO. The highest BCUT2D eigenvalue weighted by molar-refractivity contribution is 5.73. The SMILES string of the molecule is CCCCCC=CCCC(N)=O. The molecule has 0 spiro atoms. The van der Waals surface area contributed by atoms with E-state index in [9.17, 15) is 4.79 Å². The Morgan fingerprint density at radius 2 is 1.92 bits per heavy atom. The molecule has 0 atom stereocenters.